The van der Waals surface area contributed by atoms with E-state index in [9.17, 15) is 14.4 Å². The number of carbonyl (C=O) groups is 1. The van der Waals surface area contributed by atoms with E-state index in [1.807, 2.05) is 22.8 Å². The molecule has 0 aliphatic carbocycles. The monoisotopic (exact) mass is 524 g/mol. The number of nitriles is 1. The smallest absolute Gasteiger partial charge is 0.230 e. The molecular formula is C25H26ClFN8O2. The topological polar surface area (TPSA) is 110 Å². The Labute approximate surface area is 219 Å². The molecule has 0 N–H and O–H groups in total. The molecule has 3 atom stereocenters. The maximum Gasteiger partial charge on any atom is 0.230 e. The number of amides is 1. The van der Waals surface area contributed by atoms with Crippen molar-refractivity contribution in [3.63, 3.8) is 0 Å². The van der Waals surface area contributed by atoms with Crippen LogP contribution in [0.2, 0.25) is 5.02 Å². The van der Waals surface area contributed by atoms with Crippen LogP contribution in [0.5, 0.6) is 0 Å². The highest BCUT2D eigenvalue weighted by molar-refractivity contribution is 6.32. The number of piperazine rings is 1. The van der Waals surface area contributed by atoms with Gasteiger partial charge in [0, 0.05) is 62.8 Å². The van der Waals surface area contributed by atoms with Crippen LogP contribution in [0.25, 0.3) is 0 Å². The van der Waals surface area contributed by atoms with E-state index in [2.05, 4.69) is 25.1 Å². The Kier molecular flexibility index (Phi) is 7.41. The fraction of sp³-hybridized carbons (Fsp3) is 0.440. The second-order valence-electron chi connectivity index (χ2n) is 9.34. The SMILES string of the molecule is CC1CC=NN=CN1c1ncc(CC(=O)N2CCN3CC(c4ccc(F)c(C#N)c4Cl)OCC3C2)cn1. The quantitative estimate of drug-likeness (QED) is 0.604. The van der Waals surface area contributed by atoms with E-state index in [4.69, 9.17) is 16.3 Å². The highest BCUT2D eigenvalue weighted by Crippen LogP contribution is 2.34. The van der Waals surface area contributed by atoms with Crippen LogP contribution in [0.1, 0.15) is 36.1 Å². The van der Waals surface area contributed by atoms with E-state index in [0.717, 1.165) is 12.0 Å². The number of aromatic nitrogens is 2. The van der Waals surface area contributed by atoms with Crippen molar-refractivity contribution in [3.05, 3.63) is 52.1 Å². The number of benzene rings is 1. The third-order valence-electron chi connectivity index (χ3n) is 6.95. The first kappa shape index (κ1) is 25.2. The minimum Gasteiger partial charge on any atom is -0.370 e. The summed E-state index contributed by atoms with van der Waals surface area (Å²) in [7, 11) is 0. The lowest BCUT2D eigenvalue weighted by atomic mass is 10.0. The predicted molar refractivity (Wildman–Crippen MR) is 136 cm³/mol. The summed E-state index contributed by atoms with van der Waals surface area (Å²) in [4.78, 5) is 27.9. The maximum absolute atomic E-state index is 13.9. The number of halogens is 2. The minimum absolute atomic E-state index is 0.0106. The molecule has 1 amide bonds. The van der Waals surface area contributed by atoms with Crippen LogP contribution in [0.4, 0.5) is 10.3 Å². The molecule has 4 heterocycles. The standard InChI is InChI=1S/C25H26ClFN8O2/c1-16-4-5-31-32-15-35(16)25-29-10-17(11-30-25)8-23(36)34-7-6-33-13-22(37-14-18(33)12-34)19-2-3-21(27)20(9-28)24(19)26/h2-3,5,10-11,15-16,18,22H,4,6-8,12-14H2,1H3. The van der Waals surface area contributed by atoms with Gasteiger partial charge in [0.1, 0.15) is 23.8 Å². The second-order valence-corrected chi connectivity index (χ2v) is 9.71. The number of fused-ring (bicyclic) bond motifs is 1. The third-order valence-corrected chi connectivity index (χ3v) is 7.36. The summed E-state index contributed by atoms with van der Waals surface area (Å²) in [5.41, 5.74) is 1.18. The molecule has 0 saturated carbocycles. The lowest BCUT2D eigenvalue weighted by Gasteiger charge is -2.46. The fourth-order valence-corrected chi connectivity index (χ4v) is 5.10. The molecule has 1 aromatic heterocycles. The van der Waals surface area contributed by atoms with Crippen molar-refractivity contribution < 1.29 is 13.9 Å². The summed E-state index contributed by atoms with van der Waals surface area (Å²) < 4.78 is 19.9. The van der Waals surface area contributed by atoms with Gasteiger partial charge < -0.3 is 9.64 Å². The van der Waals surface area contributed by atoms with Gasteiger partial charge >= 0.3 is 0 Å². The summed E-state index contributed by atoms with van der Waals surface area (Å²) in [5.74, 6) is -0.114. The second kappa shape index (κ2) is 10.9. The number of morpholine rings is 1. The van der Waals surface area contributed by atoms with Gasteiger partial charge in [0.25, 0.3) is 0 Å². The van der Waals surface area contributed by atoms with Crippen LogP contribution < -0.4 is 4.90 Å². The third kappa shape index (κ3) is 5.32. The summed E-state index contributed by atoms with van der Waals surface area (Å²) in [6.07, 6.45) is 7.31. The molecule has 37 heavy (non-hydrogen) atoms. The van der Waals surface area contributed by atoms with E-state index in [1.54, 1.807) is 31.0 Å². The van der Waals surface area contributed by atoms with Gasteiger partial charge in [-0.2, -0.15) is 10.4 Å². The number of rotatable bonds is 4. The zero-order chi connectivity index (χ0) is 25.9. The molecule has 3 aliphatic rings. The van der Waals surface area contributed by atoms with Gasteiger partial charge in [-0.25, -0.2) is 14.4 Å². The molecule has 2 saturated heterocycles. The summed E-state index contributed by atoms with van der Waals surface area (Å²) >= 11 is 6.29. The van der Waals surface area contributed by atoms with Crippen LogP contribution in [-0.4, -0.2) is 83.1 Å². The Balaban J connectivity index is 1.17. The molecule has 12 heteroatoms. The highest BCUT2D eigenvalue weighted by atomic mass is 35.5. The van der Waals surface area contributed by atoms with Crippen LogP contribution in [0.15, 0.2) is 34.7 Å². The Hall–Kier alpha value is -3.46. The largest absolute Gasteiger partial charge is 0.370 e. The molecule has 0 bridgehead atoms. The average Bonchev–Trinajstić information content (AvgIpc) is 3.13. The molecule has 2 fully saturated rings. The molecule has 1 aromatic carbocycles. The first-order valence-corrected chi connectivity index (χ1v) is 12.5. The van der Waals surface area contributed by atoms with Crippen LogP contribution in [0, 0.1) is 17.1 Å². The lowest BCUT2D eigenvalue weighted by molar-refractivity contribution is -0.139. The van der Waals surface area contributed by atoms with Crippen molar-refractivity contribution in [1.82, 2.24) is 19.8 Å². The van der Waals surface area contributed by atoms with Crippen molar-refractivity contribution in [2.24, 2.45) is 10.2 Å². The molecule has 3 unspecified atom stereocenters. The van der Waals surface area contributed by atoms with E-state index in [-0.39, 0.29) is 41.1 Å². The van der Waals surface area contributed by atoms with Gasteiger partial charge in [0.2, 0.25) is 11.9 Å². The number of anilines is 1. The summed E-state index contributed by atoms with van der Waals surface area (Å²) in [6, 6.07) is 4.82. The predicted octanol–water partition coefficient (Wildman–Crippen LogP) is 2.58. The summed E-state index contributed by atoms with van der Waals surface area (Å²) in [5, 5.41) is 17.2. The summed E-state index contributed by atoms with van der Waals surface area (Å²) in [6.45, 7) is 4.82. The number of ether oxygens (including phenoxy) is 1. The maximum atomic E-state index is 13.9. The Morgan fingerprint density at radius 1 is 1.24 bits per heavy atom. The van der Waals surface area contributed by atoms with Crippen molar-refractivity contribution in [2.75, 3.05) is 37.7 Å². The van der Waals surface area contributed by atoms with Gasteiger partial charge in [-0.15, -0.1) is 5.10 Å². The Bertz CT molecular complexity index is 1260. The highest BCUT2D eigenvalue weighted by Gasteiger charge is 2.36. The van der Waals surface area contributed by atoms with Gasteiger partial charge in [-0.1, -0.05) is 17.7 Å². The van der Waals surface area contributed by atoms with Gasteiger partial charge in [0.05, 0.1) is 30.2 Å². The fourth-order valence-electron chi connectivity index (χ4n) is 4.79. The van der Waals surface area contributed by atoms with Crippen molar-refractivity contribution in [1.29, 1.82) is 5.26 Å². The van der Waals surface area contributed by atoms with E-state index < -0.39 is 5.82 Å². The molecule has 192 valence electrons. The van der Waals surface area contributed by atoms with Gasteiger partial charge in [0.15, 0.2) is 0 Å². The number of hydrogen-bond donors (Lipinski definition) is 0. The van der Waals surface area contributed by atoms with Crippen LogP contribution >= 0.6 is 11.6 Å². The number of carbonyl (C=O) groups excluding carboxylic acids is 1. The van der Waals surface area contributed by atoms with Gasteiger partial charge in [-0.05, 0) is 18.6 Å². The Morgan fingerprint density at radius 2 is 2.05 bits per heavy atom. The lowest BCUT2D eigenvalue weighted by Crippen LogP contribution is -2.59. The Morgan fingerprint density at radius 3 is 2.84 bits per heavy atom. The molecule has 3 aliphatic heterocycles. The zero-order valence-corrected chi connectivity index (χ0v) is 21.1. The van der Waals surface area contributed by atoms with Crippen LogP contribution in [0.3, 0.4) is 0 Å². The van der Waals surface area contributed by atoms with Gasteiger partial charge in [-0.3, -0.25) is 14.6 Å². The van der Waals surface area contributed by atoms with E-state index in [1.165, 1.54) is 6.07 Å². The molecule has 10 nitrogen and oxygen atoms in total. The van der Waals surface area contributed by atoms with E-state index in [0.29, 0.717) is 44.3 Å². The molecule has 2 aromatic rings. The van der Waals surface area contributed by atoms with Crippen LogP contribution in [-0.2, 0) is 16.0 Å². The van der Waals surface area contributed by atoms with Crippen molar-refractivity contribution in [2.45, 2.75) is 38.0 Å². The first-order chi connectivity index (χ1) is 17.9. The molecule has 0 spiro atoms. The molecule has 0 radical (unpaired) electrons. The average molecular weight is 525 g/mol. The normalized spacial score (nSPS) is 23.9. The first-order valence-electron chi connectivity index (χ1n) is 12.1. The number of hydrogen-bond acceptors (Lipinski definition) is 9. The number of nitrogens with zero attached hydrogens (tertiary/aromatic N) is 8. The van der Waals surface area contributed by atoms with E-state index >= 15 is 0 Å². The van der Waals surface area contributed by atoms with Crippen molar-refractivity contribution in [3.8, 4) is 6.07 Å². The molecular weight excluding hydrogens is 499 g/mol. The molecule has 5 rings (SSSR count). The van der Waals surface area contributed by atoms with Crippen molar-refractivity contribution >= 4 is 36.0 Å². The minimum atomic E-state index is -0.642. The zero-order valence-electron chi connectivity index (χ0n) is 20.3.